The summed E-state index contributed by atoms with van der Waals surface area (Å²) in [6.07, 6.45) is 0.222. The fourth-order valence-electron chi connectivity index (χ4n) is 1.53. The van der Waals surface area contributed by atoms with Crippen LogP contribution in [-0.2, 0) is 4.74 Å². The first-order valence-corrected chi connectivity index (χ1v) is 6.08. The van der Waals surface area contributed by atoms with E-state index in [4.69, 9.17) is 21.1 Å². The molecule has 1 aromatic rings. The Labute approximate surface area is 108 Å². The molecule has 0 radical (unpaired) electrons. The van der Waals surface area contributed by atoms with Gasteiger partial charge in [-0.3, -0.25) is 0 Å². The third kappa shape index (κ3) is 4.19. The molecule has 0 aliphatic rings. The summed E-state index contributed by atoms with van der Waals surface area (Å²) in [6.45, 7) is 4.67. The molecule has 1 N–H and O–H groups in total. The van der Waals surface area contributed by atoms with Crippen molar-refractivity contribution in [3.05, 3.63) is 28.8 Å². The Morgan fingerprint density at radius 3 is 2.59 bits per heavy atom. The molecule has 96 valence electrons. The van der Waals surface area contributed by atoms with Crippen LogP contribution in [0.4, 0.5) is 0 Å². The normalized spacial score (nSPS) is 12.8. The van der Waals surface area contributed by atoms with E-state index >= 15 is 0 Å². The monoisotopic (exact) mass is 257 g/mol. The first-order valence-electron chi connectivity index (χ1n) is 5.70. The van der Waals surface area contributed by atoms with Crippen LogP contribution in [0.5, 0.6) is 5.75 Å². The predicted octanol–water partition coefficient (Wildman–Crippen LogP) is 3.03. The maximum Gasteiger partial charge on any atom is 0.137 e. The Morgan fingerprint density at radius 2 is 2.06 bits per heavy atom. The zero-order chi connectivity index (χ0) is 12.8. The number of hydrogen-bond acceptors (Lipinski definition) is 3. The number of halogens is 1. The van der Waals surface area contributed by atoms with Gasteiger partial charge >= 0.3 is 0 Å². The van der Waals surface area contributed by atoms with Crippen LogP contribution in [-0.4, -0.2) is 26.9 Å². The van der Waals surface area contributed by atoms with Crippen molar-refractivity contribution in [2.45, 2.75) is 26.0 Å². The number of methoxy groups -OCH3 is 1. The van der Waals surface area contributed by atoms with E-state index in [-0.39, 0.29) is 12.1 Å². The lowest BCUT2D eigenvalue weighted by atomic mass is 10.1. The average Bonchev–Trinajstić information content (AvgIpc) is 2.31. The zero-order valence-electron chi connectivity index (χ0n) is 10.8. The maximum atomic E-state index is 6.00. The number of ether oxygens (including phenoxy) is 2. The Balaban J connectivity index is 2.80. The van der Waals surface area contributed by atoms with E-state index in [2.05, 4.69) is 5.32 Å². The molecule has 1 unspecified atom stereocenters. The molecule has 0 bridgehead atoms. The van der Waals surface area contributed by atoms with Crippen molar-refractivity contribution in [1.82, 2.24) is 5.32 Å². The van der Waals surface area contributed by atoms with Crippen LogP contribution in [0.15, 0.2) is 18.2 Å². The molecule has 3 nitrogen and oxygen atoms in total. The molecule has 0 saturated carbocycles. The lowest BCUT2D eigenvalue weighted by Gasteiger charge is -2.19. The number of rotatable bonds is 6. The van der Waals surface area contributed by atoms with Gasteiger partial charge in [0, 0.05) is 0 Å². The molecule has 0 saturated heterocycles. The first-order chi connectivity index (χ1) is 8.08. The lowest BCUT2D eigenvalue weighted by Crippen LogP contribution is -2.23. The summed E-state index contributed by atoms with van der Waals surface area (Å²) < 4.78 is 10.8. The standard InChI is InChI=1S/C13H20ClNO2/c1-9(2)17-8-12(15-3)10-5-6-11(14)13(7-10)16-4/h5-7,9,12,15H,8H2,1-4H3. The molecule has 0 heterocycles. The molecule has 4 heteroatoms. The SMILES string of the molecule is CNC(COC(C)C)c1ccc(Cl)c(OC)c1. The fraction of sp³-hybridized carbons (Fsp3) is 0.538. The molecular formula is C13H20ClNO2. The third-order valence-electron chi connectivity index (χ3n) is 2.52. The van der Waals surface area contributed by atoms with Gasteiger partial charge in [-0.1, -0.05) is 17.7 Å². The van der Waals surface area contributed by atoms with Crippen LogP contribution in [0.2, 0.25) is 5.02 Å². The molecule has 1 atom stereocenters. The highest BCUT2D eigenvalue weighted by Crippen LogP contribution is 2.27. The van der Waals surface area contributed by atoms with E-state index < -0.39 is 0 Å². The Bertz CT molecular complexity index is 355. The van der Waals surface area contributed by atoms with Crippen LogP contribution in [0, 0.1) is 0 Å². The molecule has 17 heavy (non-hydrogen) atoms. The van der Waals surface area contributed by atoms with Gasteiger partial charge < -0.3 is 14.8 Å². The predicted molar refractivity (Wildman–Crippen MR) is 70.9 cm³/mol. The van der Waals surface area contributed by atoms with Crippen molar-refractivity contribution in [2.75, 3.05) is 20.8 Å². The van der Waals surface area contributed by atoms with Crippen molar-refractivity contribution >= 4 is 11.6 Å². The summed E-state index contributed by atoms with van der Waals surface area (Å²) in [7, 11) is 3.53. The molecule has 0 aromatic heterocycles. The molecule has 1 rings (SSSR count). The van der Waals surface area contributed by atoms with Gasteiger partial charge in [0.25, 0.3) is 0 Å². The summed E-state index contributed by atoms with van der Waals surface area (Å²) in [5.41, 5.74) is 1.11. The summed E-state index contributed by atoms with van der Waals surface area (Å²) in [5, 5.41) is 3.84. The summed E-state index contributed by atoms with van der Waals surface area (Å²) in [5.74, 6) is 0.689. The Kier molecular flexibility index (Phi) is 5.75. The summed E-state index contributed by atoms with van der Waals surface area (Å²) >= 11 is 6.00. The molecule has 0 spiro atoms. The Hall–Kier alpha value is -0.770. The minimum Gasteiger partial charge on any atom is -0.495 e. The van der Waals surface area contributed by atoms with Crippen LogP contribution in [0.3, 0.4) is 0 Å². The highest BCUT2D eigenvalue weighted by atomic mass is 35.5. The van der Waals surface area contributed by atoms with Gasteiger partial charge in [0.05, 0.1) is 30.9 Å². The van der Waals surface area contributed by atoms with E-state index in [0.29, 0.717) is 17.4 Å². The van der Waals surface area contributed by atoms with Crippen molar-refractivity contribution in [3.63, 3.8) is 0 Å². The van der Waals surface area contributed by atoms with Gasteiger partial charge in [0.2, 0.25) is 0 Å². The highest BCUT2D eigenvalue weighted by Gasteiger charge is 2.12. The molecule has 1 aromatic carbocycles. The number of nitrogens with one attached hydrogen (secondary N) is 1. The smallest absolute Gasteiger partial charge is 0.137 e. The van der Waals surface area contributed by atoms with E-state index in [9.17, 15) is 0 Å². The second-order valence-corrected chi connectivity index (χ2v) is 4.52. The highest BCUT2D eigenvalue weighted by molar-refractivity contribution is 6.32. The first kappa shape index (κ1) is 14.3. The molecule has 0 aliphatic carbocycles. The van der Waals surface area contributed by atoms with Crippen molar-refractivity contribution < 1.29 is 9.47 Å². The van der Waals surface area contributed by atoms with Crippen LogP contribution >= 0.6 is 11.6 Å². The van der Waals surface area contributed by atoms with Crippen LogP contribution in [0.1, 0.15) is 25.5 Å². The zero-order valence-corrected chi connectivity index (χ0v) is 11.5. The maximum absolute atomic E-state index is 6.00. The molecule has 0 aliphatic heterocycles. The van der Waals surface area contributed by atoms with Gasteiger partial charge in [-0.2, -0.15) is 0 Å². The number of benzene rings is 1. The number of likely N-dealkylation sites (N-methyl/N-ethyl adjacent to an activating group) is 1. The number of hydrogen-bond donors (Lipinski definition) is 1. The summed E-state index contributed by atoms with van der Waals surface area (Å²) in [6, 6.07) is 5.90. The van der Waals surface area contributed by atoms with E-state index in [1.807, 2.05) is 39.1 Å². The van der Waals surface area contributed by atoms with Gasteiger partial charge in [-0.15, -0.1) is 0 Å². The Morgan fingerprint density at radius 1 is 1.35 bits per heavy atom. The lowest BCUT2D eigenvalue weighted by molar-refractivity contribution is 0.0626. The van der Waals surface area contributed by atoms with Gasteiger partial charge in [-0.05, 0) is 38.6 Å². The van der Waals surface area contributed by atoms with Crippen molar-refractivity contribution in [3.8, 4) is 5.75 Å². The second-order valence-electron chi connectivity index (χ2n) is 4.12. The fourth-order valence-corrected chi connectivity index (χ4v) is 1.72. The van der Waals surface area contributed by atoms with E-state index in [1.54, 1.807) is 7.11 Å². The van der Waals surface area contributed by atoms with Gasteiger partial charge in [-0.25, -0.2) is 0 Å². The molecule has 0 fully saturated rings. The summed E-state index contributed by atoms with van der Waals surface area (Å²) in [4.78, 5) is 0. The topological polar surface area (TPSA) is 30.5 Å². The van der Waals surface area contributed by atoms with Crippen molar-refractivity contribution in [2.24, 2.45) is 0 Å². The third-order valence-corrected chi connectivity index (χ3v) is 2.83. The van der Waals surface area contributed by atoms with Crippen LogP contribution in [0.25, 0.3) is 0 Å². The van der Waals surface area contributed by atoms with Crippen LogP contribution < -0.4 is 10.1 Å². The van der Waals surface area contributed by atoms with Crippen molar-refractivity contribution in [1.29, 1.82) is 0 Å². The molecular weight excluding hydrogens is 238 g/mol. The van der Waals surface area contributed by atoms with E-state index in [1.165, 1.54) is 0 Å². The second kappa shape index (κ2) is 6.84. The molecule has 0 amide bonds. The quantitative estimate of drug-likeness (QED) is 0.850. The van der Waals surface area contributed by atoms with Gasteiger partial charge in [0.15, 0.2) is 0 Å². The minimum atomic E-state index is 0.142. The largest absolute Gasteiger partial charge is 0.495 e. The van der Waals surface area contributed by atoms with Gasteiger partial charge in [0.1, 0.15) is 5.75 Å². The minimum absolute atomic E-state index is 0.142. The van der Waals surface area contributed by atoms with E-state index in [0.717, 1.165) is 5.56 Å². The average molecular weight is 258 g/mol.